The summed E-state index contributed by atoms with van der Waals surface area (Å²) in [6, 6.07) is 0. The van der Waals surface area contributed by atoms with Crippen LogP contribution >= 0.6 is 0 Å². The minimum atomic E-state index is 0.0171. The summed E-state index contributed by atoms with van der Waals surface area (Å²) in [5.74, 6) is 0.948. The van der Waals surface area contributed by atoms with Crippen molar-refractivity contribution >= 4 is 5.97 Å². The third-order valence-electron chi connectivity index (χ3n) is 8.94. The van der Waals surface area contributed by atoms with Crippen LogP contribution in [0.4, 0.5) is 0 Å². The normalized spacial score (nSPS) is 12.4. The second-order valence-electron chi connectivity index (χ2n) is 13.2. The highest BCUT2D eigenvalue weighted by Crippen LogP contribution is 2.16. The molecular weight excluding hydrogens is 500 g/mol. The number of ether oxygens (including phenoxy) is 1. The maximum Gasteiger partial charge on any atom is 0.305 e. The first kappa shape index (κ1) is 40.2. The smallest absolute Gasteiger partial charge is 0.305 e. The Kier molecular flexibility index (Phi) is 34.7. The van der Waals surface area contributed by atoms with Crippen molar-refractivity contribution in [3.05, 3.63) is 12.2 Å². The molecule has 0 rings (SSSR count). The van der Waals surface area contributed by atoms with E-state index >= 15 is 0 Å². The summed E-state index contributed by atoms with van der Waals surface area (Å²) in [6.07, 6.45) is 45.6. The molecule has 0 aromatic heterocycles. The van der Waals surface area contributed by atoms with Gasteiger partial charge >= 0.3 is 5.97 Å². The number of unbranched alkanes of at least 4 members (excludes halogenated alkanes) is 25. The largest absolute Gasteiger partial charge is 0.466 e. The van der Waals surface area contributed by atoms with E-state index in [9.17, 15) is 4.79 Å². The van der Waals surface area contributed by atoms with Gasteiger partial charge in [0, 0.05) is 6.42 Å². The Morgan fingerprint density at radius 1 is 0.512 bits per heavy atom. The van der Waals surface area contributed by atoms with Crippen molar-refractivity contribution in [1.82, 2.24) is 0 Å². The monoisotopic (exact) mass is 577 g/mol. The van der Waals surface area contributed by atoms with E-state index in [1.807, 2.05) is 0 Å². The summed E-state index contributed by atoms with van der Waals surface area (Å²) < 4.78 is 5.44. The summed E-state index contributed by atoms with van der Waals surface area (Å²) in [5, 5.41) is 0. The van der Waals surface area contributed by atoms with Gasteiger partial charge in [-0.3, -0.25) is 4.79 Å². The first-order chi connectivity index (χ1) is 20.2. The number of esters is 1. The van der Waals surface area contributed by atoms with E-state index < -0.39 is 0 Å². The molecule has 0 N–H and O–H groups in total. The highest BCUT2D eigenvalue weighted by molar-refractivity contribution is 5.69. The first-order valence-corrected chi connectivity index (χ1v) is 19.0. The topological polar surface area (TPSA) is 26.3 Å². The molecule has 0 heterocycles. The molecule has 2 nitrogen and oxygen atoms in total. The van der Waals surface area contributed by atoms with Gasteiger partial charge in [-0.15, -0.1) is 0 Å². The van der Waals surface area contributed by atoms with Gasteiger partial charge in [0.15, 0.2) is 0 Å². The average molecular weight is 577 g/mol. The summed E-state index contributed by atoms with van der Waals surface area (Å²) >= 11 is 0. The van der Waals surface area contributed by atoms with Crippen LogP contribution in [0.15, 0.2) is 12.2 Å². The van der Waals surface area contributed by atoms with Crippen molar-refractivity contribution < 1.29 is 9.53 Å². The number of allylic oxidation sites excluding steroid dienone is 2. The van der Waals surface area contributed by atoms with E-state index in [-0.39, 0.29) is 5.97 Å². The number of hydrogen-bond donors (Lipinski definition) is 0. The zero-order valence-corrected chi connectivity index (χ0v) is 28.7. The zero-order chi connectivity index (χ0) is 29.9. The summed E-state index contributed by atoms with van der Waals surface area (Å²) in [4.78, 5) is 11.9. The van der Waals surface area contributed by atoms with Crippen LogP contribution < -0.4 is 0 Å². The Morgan fingerprint density at radius 3 is 1.37 bits per heavy atom. The molecule has 0 saturated heterocycles. The van der Waals surface area contributed by atoms with Gasteiger partial charge in [-0.2, -0.15) is 0 Å². The lowest BCUT2D eigenvalue weighted by Gasteiger charge is -2.07. The van der Waals surface area contributed by atoms with Gasteiger partial charge in [0.1, 0.15) is 0 Å². The van der Waals surface area contributed by atoms with Crippen LogP contribution in [-0.4, -0.2) is 12.6 Å². The van der Waals surface area contributed by atoms with E-state index in [4.69, 9.17) is 4.74 Å². The van der Waals surface area contributed by atoms with Crippen LogP contribution in [0, 0.1) is 5.92 Å². The van der Waals surface area contributed by atoms with Gasteiger partial charge in [-0.25, -0.2) is 0 Å². The third-order valence-corrected chi connectivity index (χ3v) is 8.94. The number of carbonyl (C=O) groups is 1. The molecule has 0 fully saturated rings. The van der Waals surface area contributed by atoms with Crippen molar-refractivity contribution in [2.45, 2.75) is 220 Å². The van der Waals surface area contributed by atoms with Crippen LogP contribution in [0.25, 0.3) is 0 Å². The summed E-state index contributed by atoms with van der Waals surface area (Å²) in [7, 11) is 0. The molecule has 1 atom stereocenters. The Morgan fingerprint density at radius 2 is 0.902 bits per heavy atom. The molecule has 0 bridgehead atoms. The number of rotatable bonds is 34. The molecular formula is C39H76O2. The van der Waals surface area contributed by atoms with Crippen molar-refractivity contribution in [2.24, 2.45) is 5.92 Å². The van der Waals surface area contributed by atoms with Gasteiger partial charge in [0.2, 0.25) is 0 Å². The average Bonchev–Trinajstić information content (AvgIpc) is 2.98. The summed E-state index contributed by atoms with van der Waals surface area (Å²) in [5.41, 5.74) is 0. The SMILES string of the molecule is CCCCCC/C=C\CCCCCCCC(=O)OCCCCCCCCCCCCCCCCCCCC(C)CC. The van der Waals surface area contributed by atoms with Crippen LogP contribution in [0.5, 0.6) is 0 Å². The minimum absolute atomic E-state index is 0.0171. The standard InChI is InChI=1S/C39H76O2/c1-4-6-7-8-9-10-11-17-21-24-27-30-33-36-39(40)41-37-34-31-28-25-22-19-16-14-12-13-15-18-20-23-26-29-32-35-38(3)5-2/h10-11,38H,4-9,12-37H2,1-3H3/b11-10-. The molecule has 0 spiro atoms. The Bertz CT molecular complexity index is 526. The lowest BCUT2D eigenvalue weighted by atomic mass is 9.99. The van der Waals surface area contributed by atoms with Crippen molar-refractivity contribution in [3.63, 3.8) is 0 Å². The molecule has 0 aliphatic rings. The predicted molar refractivity (Wildman–Crippen MR) is 184 cm³/mol. The summed E-state index contributed by atoms with van der Waals surface area (Å²) in [6.45, 7) is 7.60. The van der Waals surface area contributed by atoms with Gasteiger partial charge in [0.05, 0.1) is 6.61 Å². The lowest BCUT2D eigenvalue weighted by molar-refractivity contribution is -0.143. The fourth-order valence-electron chi connectivity index (χ4n) is 5.70. The Hall–Kier alpha value is -0.790. The zero-order valence-electron chi connectivity index (χ0n) is 28.7. The van der Waals surface area contributed by atoms with E-state index in [1.54, 1.807) is 0 Å². The quantitative estimate of drug-likeness (QED) is 0.0432. The van der Waals surface area contributed by atoms with E-state index in [0.29, 0.717) is 13.0 Å². The molecule has 0 aromatic carbocycles. The van der Waals surface area contributed by atoms with E-state index in [2.05, 4.69) is 32.9 Å². The molecule has 0 saturated carbocycles. The molecule has 0 aromatic rings. The van der Waals surface area contributed by atoms with Crippen molar-refractivity contribution in [3.8, 4) is 0 Å². The molecule has 0 radical (unpaired) electrons. The molecule has 244 valence electrons. The maximum atomic E-state index is 11.9. The molecule has 2 heteroatoms. The van der Waals surface area contributed by atoms with Gasteiger partial charge in [-0.05, 0) is 44.4 Å². The van der Waals surface area contributed by atoms with Gasteiger partial charge < -0.3 is 4.74 Å². The molecule has 1 unspecified atom stereocenters. The van der Waals surface area contributed by atoms with E-state index in [1.165, 1.54) is 173 Å². The van der Waals surface area contributed by atoms with Crippen molar-refractivity contribution in [2.75, 3.05) is 6.61 Å². The third kappa shape index (κ3) is 35.3. The molecule has 0 aliphatic heterocycles. The molecule has 0 aliphatic carbocycles. The highest BCUT2D eigenvalue weighted by atomic mass is 16.5. The minimum Gasteiger partial charge on any atom is -0.466 e. The molecule has 0 amide bonds. The van der Waals surface area contributed by atoms with Crippen LogP contribution in [0.1, 0.15) is 220 Å². The first-order valence-electron chi connectivity index (χ1n) is 19.0. The molecule has 41 heavy (non-hydrogen) atoms. The van der Waals surface area contributed by atoms with Gasteiger partial charge in [0.25, 0.3) is 0 Å². The second kappa shape index (κ2) is 35.4. The second-order valence-corrected chi connectivity index (χ2v) is 13.2. The van der Waals surface area contributed by atoms with Crippen LogP contribution in [0.3, 0.4) is 0 Å². The van der Waals surface area contributed by atoms with Crippen molar-refractivity contribution in [1.29, 1.82) is 0 Å². The number of carbonyl (C=O) groups excluding carboxylic acids is 1. The van der Waals surface area contributed by atoms with Gasteiger partial charge in [-0.1, -0.05) is 187 Å². The highest BCUT2D eigenvalue weighted by Gasteiger charge is 2.03. The van der Waals surface area contributed by atoms with E-state index in [0.717, 1.165) is 25.2 Å². The maximum absolute atomic E-state index is 11.9. The Labute approximate surface area is 259 Å². The Balaban J connectivity index is 3.18. The van der Waals surface area contributed by atoms with Crippen LogP contribution in [-0.2, 0) is 9.53 Å². The number of hydrogen-bond acceptors (Lipinski definition) is 2. The predicted octanol–water partition coefficient (Wildman–Crippen LogP) is 13.9. The lowest BCUT2D eigenvalue weighted by Crippen LogP contribution is -2.05. The van der Waals surface area contributed by atoms with Crippen LogP contribution in [0.2, 0.25) is 0 Å². The fourth-order valence-corrected chi connectivity index (χ4v) is 5.70. The fraction of sp³-hybridized carbons (Fsp3) is 0.923.